The lowest BCUT2D eigenvalue weighted by atomic mass is 9.88. The number of nitrogens with zero attached hydrogens (tertiary/aromatic N) is 1. The van der Waals surface area contributed by atoms with Gasteiger partial charge in [0.1, 0.15) is 0 Å². The first kappa shape index (κ1) is 13.2. The second kappa shape index (κ2) is 5.39. The van der Waals surface area contributed by atoms with Crippen LogP contribution in [0, 0.1) is 0 Å². The minimum absolute atomic E-state index is 1.12. The molecule has 0 atom stereocenters. The largest absolute Gasteiger partial charge is 0.371 e. The summed E-state index contributed by atoms with van der Waals surface area (Å²) >= 11 is 1.31. The molecule has 4 rings (SSSR count). The Labute approximate surface area is 130 Å². The van der Waals surface area contributed by atoms with Crippen LogP contribution < -0.4 is 10.0 Å². The molecule has 0 aromatic heterocycles. The third-order valence-corrected chi connectivity index (χ3v) is 5.20. The molecule has 0 spiro atoms. The second-order valence-electron chi connectivity index (χ2n) is 5.98. The summed E-state index contributed by atoms with van der Waals surface area (Å²) in [5.41, 5.74) is 7.30. The third-order valence-electron chi connectivity index (χ3n) is 4.66. The number of rotatable bonds is 2. The molecule has 0 saturated carbocycles. The van der Waals surface area contributed by atoms with E-state index in [9.17, 15) is 0 Å². The average molecular weight is 296 g/mol. The van der Waals surface area contributed by atoms with Crippen molar-refractivity contribution in [3.05, 3.63) is 47.5 Å². The number of aryl methyl sites for hydroxylation is 2. The van der Waals surface area contributed by atoms with Gasteiger partial charge in [-0.2, -0.15) is 0 Å². The first-order valence-corrected chi connectivity index (χ1v) is 8.61. The van der Waals surface area contributed by atoms with E-state index in [2.05, 4.69) is 41.3 Å². The van der Waals surface area contributed by atoms with Gasteiger partial charge in [-0.3, -0.25) is 5.14 Å². The van der Waals surface area contributed by atoms with E-state index < -0.39 is 0 Å². The predicted octanol–water partition coefficient (Wildman–Crippen LogP) is 4.02. The molecule has 2 aliphatic rings. The molecule has 0 amide bonds. The van der Waals surface area contributed by atoms with Gasteiger partial charge >= 0.3 is 0 Å². The van der Waals surface area contributed by atoms with Crippen LogP contribution in [0.3, 0.4) is 0 Å². The van der Waals surface area contributed by atoms with Crippen LogP contribution in [-0.4, -0.2) is 13.1 Å². The molecule has 0 bridgehead atoms. The molecule has 3 heteroatoms. The lowest BCUT2D eigenvalue weighted by Gasteiger charge is -2.37. The van der Waals surface area contributed by atoms with Crippen molar-refractivity contribution in [3.8, 4) is 11.1 Å². The molecule has 2 heterocycles. The number of anilines is 1. The van der Waals surface area contributed by atoms with Gasteiger partial charge < -0.3 is 4.90 Å². The van der Waals surface area contributed by atoms with Gasteiger partial charge in [-0.05, 0) is 84.2 Å². The van der Waals surface area contributed by atoms with Crippen LogP contribution in [0.5, 0.6) is 0 Å². The van der Waals surface area contributed by atoms with Crippen molar-refractivity contribution >= 4 is 17.6 Å². The van der Waals surface area contributed by atoms with Crippen LogP contribution >= 0.6 is 11.9 Å². The Kier molecular flexibility index (Phi) is 3.40. The highest BCUT2D eigenvalue weighted by Crippen LogP contribution is 2.38. The lowest BCUT2D eigenvalue weighted by molar-refractivity contribution is 0.634. The van der Waals surface area contributed by atoms with Gasteiger partial charge in [-0.15, -0.1) is 0 Å². The van der Waals surface area contributed by atoms with Crippen molar-refractivity contribution in [1.29, 1.82) is 0 Å². The molecule has 2 aromatic carbocycles. The fourth-order valence-electron chi connectivity index (χ4n) is 3.70. The summed E-state index contributed by atoms with van der Waals surface area (Å²) in [6, 6.07) is 13.4. The van der Waals surface area contributed by atoms with Crippen molar-refractivity contribution in [2.24, 2.45) is 5.14 Å². The first-order valence-electron chi connectivity index (χ1n) is 7.73. The Morgan fingerprint density at radius 3 is 2.05 bits per heavy atom. The lowest BCUT2D eigenvalue weighted by Crippen LogP contribution is -2.34. The summed E-state index contributed by atoms with van der Waals surface area (Å²) in [5.74, 6) is 0. The molecule has 2 aromatic rings. The molecule has 0 fully saturated rings. The van der Waals surface area contributed by atoms with E-state index in [0.717, 1.165) is 4.90 Å². The fourth-order valence-corrected chi connectivity index (χ4v) is 3.99. The quantitative estimate of drug-likeness (QED) is 0.849. The van der Waals surface area contributed by atoms with Crippen LogP contribution in [0.15, 0.2) is 41.3 Å². The fraction of sp³-hybridized carbons (Fsp3) is 0.333. The number of nitrogens with two attached hydrogens (primary N) is 1. The molecule has 0 radical (unpaired) electrons. The zero-order valence-corrected chi connectivity index (χ0v) is 13.0. The molecule has 2 nitrogen and oxygen atoms in total. The molecule has 0 unspecified atom stereocenters. The van der Waals surface area contributed by atoms with E-state index in [0.29, 0.717) is 0 Å². The normalized spacial score (nSPS) is 16.7. The number of hydrogen-bond donors (Lipinski definition) is 1. The molecular formula is C18H20N2S. The van der Waals surface area contributed by atoms with Crippen molar-refractivity contribution in [2.75, 3.05) is 18.0 Å². The van der Waals surface area contributed by atoms with Crippen LogP contribution in [0.2, 0.25) is 0 Å². The Morgan fingerprint density at radius 2 is 1.48 bits per heavy atom. The van der Waals surface area contributed by atoms with E-state index >= 15 is 0 Å². The topological polar surface area (TPSA) is 29.3 Å². The van der Waals surface area contributed by atoms with E-state index in [1.807, 2.05) is 0 Å². The van der Waals surface area contributed by atoms with E-state index in [1.54, 1.807) is 16.8 Å². The summed E-state index contributed by atoms with van der Waals surface area (Å²) in [7, 11) is 0. The zero-order valence-electron chi connectivity index (χ0n) is 12.1. The molecule has 2 N–H and O–H groups in total. The van der Waals surface area contributed by atoms with E-state index in [1.165, 1.54) is 61.8 Å². The maximum absolute atomic E-state index is 5.61. The predicted molar refractivity (Wildman–Crippen MR) is 90.8 cm³/mol. The summed E-state index contributed by atoms with van der Waals surface area (Å²) < 4.78 is 0. The summed E-state index contributed by atoms with van der Waals surface area (Å²) in [5, 5.41) is 5.61. The number of hydrogen-bond acceptors (Lipinski definition) is 3. The van der Waals surface area contributed by atoms with Gasteiger partial charge in [0.15, 0.2) is 0 Å². The highest BCUT2D eigenvalue weighted by molar-refractivity contribution is 7.97. The van der Waals surface area contributed by atoms with Gasteiger partial charge in [-0.25, -0.2) is 0 Å². The maximum atomic E-state index is 5.61. The highest BCUT2D eigenvalue weighted by Gasteiger charge is 2.24. The van der Waals surface area contributed by atoms with Gasteiger partial charge in [0.25, 0.3) is 0 Å². The van der Waals surface area contributed by atoms with Crippen molar-refractivity contribution in [2.45, 2.75) is 30.6 Å². The zero-order chi connectivity index (χ0) is 14.2. The standard InChI is InChI=1S/C18H20N2S/c19-21-17-7-5-13(6-8-17)16-11-14-3-1-9-20-10-2-4-15(12-16)18(14)20/h5-8,11-12H,1-4,9-10,19H2. The summed E-state index contributed by atoms with van der Waals surface area (Å²) in [6.07, 6.45) is 5.03. The Hall–Kier alpha value is -1.45. The van der Waals surface area contributed by atoms with Gasteiger partial charge in [0, 0.05) is 23.7 Å². The molecule has 2 aliphatic heterocycles. The van der Waals surface area contributed by atoms with Crippen molar-refractivity contribution in [3.63, 3.8) is 0 Å². The van der Waals surface area contributed by atoms with E-state index in [4.69, 9.17) is 5.14 Å². The van der Waals surface area contributed by atoms with Crippen LogP contribution in [0.1, 0.15) is 24.0 Å². The SMILES string of the molecule is NSc1ccc(-c2cc3c4c(c2)CCCN4CCC3)cc1. The van der Waals surface area contributed by atoms with Crippen molar-refractivity contribution < 1.29 is 0 Å². The monoisotopic (exact) mass is 296 g/mol. The molecule has 108 valence electrons. The molecular weight excluding hydrogens is 276 g/mol. The molecule has 0 aliphatic carbocycles. The van der Waals surface area contributed by atoms with Gasteiger partial charge in [0.2, 0.25) is 0 Å². The minimum atomic E-state index is 1.12. The smallest absolute Gasteiger partial charge is 0.0431 e. The number of benzene rings is 2. The Balaban J connectivity index is 1.79. The van der Waals surface area contributed by atoms with Crippen LogP contribution in [0.4, 0.5) is 5.69 Å². The molecule has 21 heavy (non-hydrogen) atoms. The maximum Gasteiger partial charge on any atom is 0.0431 e. The summed E-state index contributed by atoms with van der Waals surface area (Å²) in [4.78, 5) is 3.71. The Morgan fingerprint density at radius 1 is 0.857 bits per heavy atom. The van der Waals surface area contributed by atoms with Crippen LogP contribution in [0.25, 0.3) is 11.1 Å². The Bertz CT molecular complexity index is 632. The first-order chi connectivity index (χ1) is 10.3. The van der Waals surface area contributed by atoms with Crippen LogP contribution in [-0.2, 0) is 12.8 Å². The average Bonchev–Trinajstić information content (AvgIpc) is 2.55. The summed E-state index contributed by atoms with van der Waals surface area (Å²) in [6.45, 7) is 2.48. The van der Waals surface area contributed by atoms with E-state index in [-0.39, 0.29) is 0 Å². The highest BCUT2D eigenvalue weighted by atomic mass is 32.2. The van der Waals surface area contributed by atoms with Gasteiger partial charge in [-0.1, -0.05) is 12.1 Å². The minimum Gasteiger partial charge on any atom is -0.371 e. The molecule has 0 saturated heterocycles. The van der Waals surface area contributed by atoms with Crippen molar-refractivity contribution in [1.82, 2.24) is 0 Å². The third kappa shape index (κ3) is 2.34. The van der Waals surface area contributed by atoms with Gasteiger partial charge in [0.05, 0.1) is 0 Å². The second-order valence-corrected chi connectivity index (χ2v) is 6.69.